The van der Waals surface area contributed by atoms with Crippen LogP contribution in [0.4, 0.5) is 5.69 Å². The summed E-state index contributed by atoms with van der Waals surface area (Å²) in [4.78, 5) is 17.6. The Morgan fingerprint density at radius 3 is 2.26 bits per heavy atom. The Hall–Kier alpha value is -3.77. The summed E-state index contributed by atoms with van der Waals surface area (Å²) in [7, 11) is 0. The van der Waals surface area contributed by atoms with Gasteiger partial charge in [0.1, 0.15) is 11.4 Å². The predicted molar refractivity (Wildman–Crippen MR) is 134 cm³/mol. The summed E-state index contributed by atoms with van der Waals surface area (Å²) in [6, 6.07) is 24.8. The van der Waals surface area contributed by atoms with Crippen molar-refractivity contribution in [3.8, 4) is 17.0 Å². The Morgan fingerprint density at radius 2 is 1.56 bits per heavy atom. The Morgan fingerprint density at radius 1 is 0.882 bits per heavy atom. The number of hydrogen-bond donors (Lipinski definition) is 1. The van der Waals surface area contributed by atoms with Crippen molar-refractivity contribution in [1.29, 1.82) is 0 Å². The first kappa shape index (κ1) is 22.0. The molecule has 6 nitrogen and oxygen atoms in total. The van der Waals surface area contributed by atoms with Crippen LogP contribution in [0.25, 0.3) is 11.3 Å². The smallest absolute Gasteiger partial charge is 0.257 e. The number of carbonyl (C=O) groups excluding carboxylic acids is 1. The zero-order valence-corrected chi connectivity index (χ0v) is 19.4. The van der Waals surface area contributed by atoms with E-state index in [4.69, 9.17) is 16.7 Å². The second kappa shape index (κ2) is 9.61. The Kier molecular flexibility index (Phi) is 6.23. The second-order valence-electron chi connectivity index (χ2n) is 8.35. The lowest BCUT2D eigenvalue weighted by Gasteiger charge is -2.36. The average Bonchev–Trinajstić information content (AvgIpc) is 3.29. The maximum absolute atomic E-state index is 13.6. The van der Waals surface area contributed by atoms with Crippen molar-refractivity contribution < 1.29 is 9.90 Å². The standard InChI is InChI=1S/C27H25ClN4O2/c28-22-12-10-21(11-13-22)26-23(19-32(29-26)18-20-6-2-1-3-7-20)27(34)31-16-14-30(15-17-31)24-8-4-5-9-25(24)33/h1-13,19,33H,14-18H2. The van der Waals surface area contributed by atoms with Crippen molar-refractivity contribution in [3.63, 3.8) is 0 Å². The molecule has 1 aliphatic heterocycles. The van der Waals surface area contributed by atoms with Gasteiger partial charge in [-0.1, -0.05) is 66.2 Å². The third-order valence-electron chi connectivity index (χ3n) is 6.09. The molecule has 3 aromatic carbocycles. The fourth-order valence-corrected chi connectivity index (χ4v) is 4.43. The lowest BCUT2D eigenvalue weighted by atomic mass is 10.1. The monoisotopic (exact) mass is 472 g/mol. The van der Waals surface area contributed by atoms with Gasteiger partial charge in [0.05, 0.1) is 17.8 Å². The Bertz CT molecular complexity index is 1280. The van der Waals surface area contributed by atoms with Crippen molar-refractivity contribution in [3.05, 3.63) is 101 Å². The van der Waals surface area contributed by atoms with E-state index in [9.17, 15) is 9.90 Å². The number of carbonyl (C=O) groups is 1. The summed E-state index contributed by atoms with van der Waals surface area (Å²) >= 11 is 6.09. The molecule has 172 valence electrons. The number of hydrogen-bond acceptors (Lipinski definition) is 4. The van der Waals surface area contributed by atoms with Crippen LogP contribution in [0, 0.1) is 0 Å². The maximum Gasteiger partial charge on any atom is 0.257 e. The number of aromatic hydroxyl groups is 1. The molecule has 1 fully saturated rings. The topological polar surface area (TPSA) is 61.6 Å². The van der Waals surface area contributed by atoms with Gasteiger partial charge in [-0.2, -0.15) is 5.10 Å². The molecule has 7 heteroatoms. The first-order valence-corrected chi connectivity index (χ1v) is 11.7. The number of phenolic OH excluding ortho intramolecular Hbond substituents is 1. The molecule has 0 radical (unpaired) electrons. The number of para-hydroxylation sites is 2. The van der Waals surface area contributed by atoms with E-state index in [-0.39, 0.29) is 11.7 Å². The van der Waals surface area contributed by atoms with Crippen molar-refractivity contribution in [2.24, 2.45) is 0 Å². The molecule has 0 bridgehead atoms. The number of piperazine rings is 1. The van der Waals surface area contributed by atoms with Gasteiger partial charge in [-0.05, 0) is 29.8 Å². The van der Waals surface area contributed by atoms with Crippen LogP contribution in [0.5, 0.6) is 5.75 Å². The normalized spacial score (nSPS) is 13.8. The zero-order chi connectivity index (χ0) is 23.5. The number of halogens is 1. The summed E-state index contributed by atoms with van der Waals surface area (Å²) in [5.74, 6) is 0.218. The first-order valence-electron chi connectivity index (χ1n) is 11.3. The fourth-order valence-electron chi connectivity index (χ4n) is 4.30. The van der Waals surface area contributed by atoms with Crippen molar-refractivity contribution in [2.75, 3.05) is 31.1 Å². The molecule has 1 aliphatic rings. The highest BCUT2D eigenvalue weighted by molar-refractivity contribution is 6.30. The SMILES string of the molecule is O=C(c1cn(Cc2ccccc2)nc1-c1ccc(Cl)cc1)N1CCN(c2ccccc2O)CC1. The Labute approximate surface area is 203 Å². The van der Waals surface area contributed by atoms with Gasteiger partial charge in [-0.25, -0.2) is 0 Å². The first-order chi connectivity index (χ1) is 16.6. The van der Waals surface area contributed by atoms with E-state index < -0.39 is 0 Å². The maximum atomic E-state index is 13.6. The molecule has 5 rings (SSSR count). The van der Waals surface area contributed by atoms with E-state index >= 15 is 0 Å². The predicted octanol–water partition coefficient (Wildman–Crippen LogP) is 4.92. The lowest BCUT2D eigenvalue weighted by molar-refractivity contribution is 0.0747. The summed E-state index contributed by atoms with van der Waals surface area (Å²) in [5.41, 5.74) is 4.00. The van der Waals surface area contributed by atoms with Crippen molar-refractivity contribution >= 4 is 23.2 Å². The highest BCUT2D eigenvalue weighted by Gasteiger charge is 2.27. The molecule has 2 heterocycles. The van der Waals surface area contributed by atoms with Crippen LogP contribution in [-0.4, -0.2) is 51.9 Å². The van der Waals surface area contributed by atoms with E-state index in [0.717, 1.165) is 16.8 Å². The van der Waals surface area contributed by atoms with E-state index in [1.54, 1.807) is 6.07 Å². The van der Waals surface area contributed by atoms with Crippen molar-refractivity contribution in [2.45, 2.75) is 6.54 Å². The molecule has 4 aromatic rings. The number of phenols is 1. The molecule has 1 aromatic heterocycles. The number of anilines is 1. The number of aromatic nitrogens is 2. The van der Waals surface area contributed by atoms with Crippen molar-refractivity contribution in [1.82, 2.24) is 14.7 Å². The number of rotatable bonds is 5. The van der Waals surface area contributed by atoms with Gasteiger partial charge in [-0.3, -0.25) is 9.48 Å². The quantitative estimate of drug-likeness (QED) is 0.448. The molecule has 0 unspecified atom stereocenters. The second-order valence-corrected chi connectivity index (χ2v) is 8.79. The summed E-state index contributed by atoms with van der Waals surface area (Å²) in [6.45, 7) is 3.01. The molecule has 0 aliphatic carbocycles. The van der Waals surface area contributed by atoms with Gasteiger partial charge in [0, 0.05) is 43.0 Å². The summed E-state index contributed by atoms with van der Waals surface area (Å²) in [5, 5.41) is 15.6. The van der Waals surface area contributed by atoms with E-state index in [1.807, 2.05) is 88.6 Å². The molecule has 1 N–H and O–H groups in total. The van der Waals surface area contributed by atoms with Crippen LogP contribution in [0.3, 0.4) is 0 Å². The van der Waals surface area contributed by atoms with Gasteiger partial charge in [0.25, 0.3) is 5.91 Å². The molecule has 34 heavy (non-hydrogen) atoms. The van der Waals surface area contributed by atoms with Crippen LogP contribution in [-0.2, 0) is 6.54 Å². The molecule has 0 saturated carbocycles. The molecule has 0 atom stereocenters. The van der Waals surface area contributed by atoms with Gasteiger partial charge in [0.15, 0.2) is 0 Å². The van der Waals surface area contributed by atoms with Gasteiger partial charge >= 0.3 is 0 Å². The minimum atomic E-state index is -0.0406. The lowest BCUT2D eigenvalue weighted by Crippen LogP contribution is -2.48. The molecule has 0 spiro atoms. The van der Waals surface area contributed by atoms with Gasteiger partial charge in [-0.15, -0.1) is 0 Å². The van der Waals surface area contributed by atoms with Crippen LogP contribution >= 0.6 is 11.6 Å². The minimum Gasteiger partial charge on any atom is -0.506 e. The average molecular weight is 473 g/mol. The van der Waals surface area contributed by atoms with Crippen LogP contribution in [0.2, 0.25) is 5.02 Å². The molecule has 1 saturated heterocycles. The van der Waals surface area contributed by atoms with Crippen LogP contribution in [0.1, 0.15) is 15.9 Å². The van der Waals surface area contributed by atoms with Crippen LogP contribution in [0.15, 0.2) is 85.1 Å². The number of amides is 1. The Balaban J connectivity index is 1.39. The molecule has 1 amide bonds. The van der Waals surface area contributed by atoms with E-state index in [0.29, 0.717) is 49.0 Å². The van der Waals surface area contributed by atoms with E-state index in [2.05, 4.69) is 4.90 Å². The third-order valence-corrected chi connectivity index (χ3v) is 6.34. The largest absolute Gasteiger partial charge is 0.506 e. The third kappa shape index (κ3) is 4.63. The number of benzene rings is 3. The minimum absolute atomic E-state index is 0.0406. The summed E-state index contributed by atoms with van der Waals surface area (Å²) in [6.07, 6.45) is 1.84. The van der Waals surface area contributed by atoms with Gasteiger partial charge in [0.2, 0.25) is 0 Å². The highest BCUT2D eigenvalue weighted by atomic mass is 35.5. The molecular weight excluding hydrogens is 448 g/mol. The number of nitrogens with zero attached hydrogens (tertiary/aromatic N) is 4. The highest BCUT2D eigenvalue weighted by Crippen LogP contribution is 2.29. The van der Waals surface area contributed by atoms with Crippen LogP contribution < -0.4 is 4.90 Å². The zero-order valence-electron chi connectivity index (χ0n) is 18.6. The fraction of sp³-hybridized carbons (Fsp3) is 0.185. The van der Waals surface area contributed by atoms with E-state index in [1.165, 1.54) is 0 Å². The van der Waals surface area contributed by atoms with Gasteiger partial charge < -0.3 is 14.9 Å². The summed E-state index contributed by atoms with van der Waals surface area (Å²) < 4.78 is 1.82. The molecular formula is C27H25ClN4O2.